The molecule has 2 aromatic heterocycles. The summed E-state index contributed by atoms with van der Waals surface area (Å²) in [7, 11) is 0. The molecule has 40 heavy (non-hydrogen) atoms. The van der Waals surface area contributed by atoms with Gasteiger partial charge in [0.1, 0.15) is 17.7 Å². The van der Waals surface area contributed by atoms with E-state index in [1.54, 1.807) is 23.5 Å². The number of benzene rings is 2. The lowest BCUT2D eigenvalue weighted by Gasteiger charge is -2.23. The fourth-order valence-electron chi connectivity index (χ4n) is 5.14. The molecule has 0 saturated heterocycles. The van der Waals surface area contributed by atoms with Crippen LogP contribution in [0.1, 0.15) is 92.6 Å². The number of thiophene rings is 1. The summed E-state index contributed by atoms with van der Waals surface area (Å²) in [6.07, 6.45) is 3.21. The third-order valence-corrected chi connectivity index (χ3v) is 8.18. The van der Waals surface area contributed by atoms with Crippen LogP contribution in [0.3, 0.4) is 0 Å². The molecule has 0 radical (unpaired) electrons. The van der Waals surface area contributed by atoms with Crippen LogP contribution in [0.2, 0.25) is 0 Å². The number of fused-ring (bicyclic) bond motifs is 1. The number of imidazole rings is 1. The van der Waals surface area contributed by atoms with E-state index in [1.165, 1.54) is 17.0 Å². The molecule has 2 aromatic carbocycles. The third kappa shape index (κ3) is 6.97. The van der Waals surface area contributed by atoms with Crippen molar-refractivity contribution in [1.82, 2.24) is 20.2 Å². The highest BCUT2D eigenvalue weighted by Crippen LogP contribution is 2.28. The van der Waals surface area contributed by atoms with Crippen molar-refractivity contribution in [2.75, 3.05) is 0 Å². The molecule has 0 aliphatic rings. The van der Waals surface area contributed by atoms with Crippen LogP contribution in [-0.4, -0.2) is 27.4 Å². The van der Waals surface area contributed by atoms with Gasteiger partial charge in [0.25, 0.3) is 5.91 Å². The zero-order chi connectivity index (χ0) is 28.8. The van der Waals surface area contributed by atoms with Crippen molar-refractivity contribution in [3.63, 3.8) is 0 Å². The third-order valence-electron chi connectivity index (χ3n) is 7.30. The number of rotatable bonds is 12. The molecule has 2 atom stereocenters. The molecule has 0 saturated carbocycles. The van der Waals surface area contributed by atoms with Gasteiger partial charge in [-0.25, -0.2) is 9.37 Å². The Kier molecular flexibility index (Phi) is 9.74. The largest absolute Gasteiger partial charge is 0.348 e. The van der Waals surface area contributed by atoms with Gasteiger partial charge < -0.3 is 15.2 Å². The van der Waals surface area contributed by atoms with Crippen molar-refractivity contribution >= 4 is 34.2 Å². The van der Waals surface area contributed by atoms with Crippen molar-refractivity contribution in [2.24, 2.45) is 5.92 Å². The number of nitrogens with one attached hydrogen (secondary N) is 2. The summed E-state index contributed by atoms with van der Waals surface area (Å²) in [5, 5.41) is 8.00. The molecule has 0 bridgehead atoms. The van der Waals surface area contributed by atoms with Gasteiger partial charge in [0.15, 0.2) is 0 Å². The first kappa shape index (κ1) is 29.5. The van der Waals surface area contributed by atoms with Crippen molar-refractivity contribution < 1.29 is 14.0 Å². The van der Waals surface area contributed by atoms with Crippen LogP contribution in [-0.2, 0) is 11.2 Å². The number of aromatic nitrogens is 2. The van der Waals surface area contributed by atoms with Gasteiger partial charge in [-0.2, -0.15) is 0 Å². The molecule has 0 fully saturated rings. The van der Waals surface area contributed by atoms with Crippen LogP contribution in [0.15, 0.2) is 60.0 Å². The smallest absolute Gasteiger partial charge is 0.252 e. The maximum Gasteiger partial charge on any atom is 0.252 e. The molecule has 212 valence electrons. The lowest BCUT2D eigenvalue weighted by Crippen LogP contribution is -2.48. The van der Waals surface area contributed by atoms with E-state index in [1.807, 2.05) is 39.0 Å². The first-order valence-electron chi connectivity index (χ1n) is 14.1. The number of hydrogen-bond donors (Lipinski definition) is 2. The molecule has 0 spiro atoms. The van der Waals surface area contributed by atoms with Crippen LogP contribution < -0.4 is 10.6 Å². The zero-order valence-electron chi connectivity index (χ0n) is 23.9. The maximum atomic E-state index is 13.4. The standard InChI is InChI=1S/C32H39FN4O2S/c1-6-25(7-2)37-29-15-12-23(18-27(29)35-30(37)19-26-9-8-16-40-26)31(38)36-28(17-20(3)4)32(39)34-21(5)22-10-13-24(33)14-11-22/h8-16,18,20-21,25,28H,6-7,17,19H2,1-5H3,(H,34,39)(H,36,38)/t21?,28-/m0/s1. The Hall–Kier alpha value is -3.52. The first-order chi connectivity index (χ1) is 19.2. The normalized spacial score (nSPS) is 13.1. The van der Waals surface area contributed by atoms with Crippen LogP contribution >= 0.6 is 11.3 Å². The van der Waals surface area contributed by atoms with Gasteiger partial charge >= 0.3 is 0 Å². The highest BCUT2D eigenvalue weighted by molar-refractivity contribution is 7.09. The van der Waals surface area contributed by atoms with E-state index in [4.69, 9.17) is 4.98 Å². The Bertz CT molecular complexity index is 1430. The Balaban J connectivity index is 1.56. The lowest BCUT2D eigenvalue weighted by atomic mass is 10.0. The first-order valence-corrected chi connectivity index (χ1v) is 15.0. The molecule has 8 heteroatoms. The Morgan fingerprint density at radius 3 is 2.35 bits per heavy atom. The number of carbonyl (C=O) groups is 2. The maximum absolute atomic E-state index is 13.4. The fraction of sp³-hybridized carbons (Fsp3) is 0.406. The van der Waals surface area contributed by atoms with Gasteiger partial charge in [-0.15, -0.1) is 11.3 Å². The van der Waals surface area contributed by atoms with Crippen molar-refractivity contribution in [3.05, 3.63) is 87.6 Å². The molecule has 2 amide bonds. The second kappa shape index (κ2) is 13.2. The van der Waals surface area contributed by atoms with Crippen LogP contribution in [0, 0.1) is 11.7 Å². The van der Waals surface area contributed by atoms with Gasteiger partial charge in [0.05, 0.1) is 17.1 Å². The zero-order valence-corrected chi connectivity index (χ0v) is 24.7. The number of amides is 2. The molecule has 1 unspecified atom stereocenters. The number of nitrogens with zero attached hydrogens (tertiary/aromatic N) is 2. The minimum atomic E-state index is -0.706. The molecule has 0 aliphatic carbocycles. The van der Waals surface area contributed by atoms with Gasteiger partial charge in [-0.1, -0.05) is 45.9 Å². The van der Waals surface area contributed by atoms with E-state index in [9.17, 15) is 14.0 Å². The molecule has 4 aromatic rings. The topological polar surface area (TPSA) is 76.0 Å². The summed E-state index contributed by atoms with van der Waals surface area (Å²) >= 11 is 1.72. The van der Waals surface area contributed by atoms with Gasteiger partial charge in [0, 0.05) is 22.9 Å². The molecule has 0 aliphatic heterocycles. The minimum absolute atomic E-state index is 0.190. The van der Waals surface area contributed by atoms with E-state index < -0.39 is 6.04 Å². The summed E-state index contributed by atoms with van der Waals surface area (Å²) < 4.78 is 15.7. The molecular weight excluding hydrogens is 523 g/mol. The van der Waals surface area contributed by atoms with Crippen LogP contribution in [0.25, 0.3) is 11.0 Å². The van der Waals surface area contributed by atoms with E-state index in [0.717, 1.165) is 41.7 Å². The fourth-order valence-corrected chi connectivity index (χ4v) is 5.84. The van der Waals surface area contributed by atoms with Crippen LogP contribution in [0.5, 0.6) is 0 Å². The molecule has 2 heterocycles. The number of halogens is 1. The Labute approximate surface area is 240 Å². The summed E-state index contributed by atoms with van der Waals surface area (Å²) in [5.74, 6) is 0.281. The second-order valence-electron chi connectivity index (χ2n) is 10.8. The number of carbonyl (C=O) groups excluding carboxylic acids is 2. The average Bonchev–Trinajstić information content (AvgIpc) is 3.57. The van der Waals surface area contributed by atoms with Crippen molar-refractivity contribution in [2.45, 2.75) is 78.4 Å². The highest BCUT2D eigenvalue weighted by atomic mass is 32.1. The van der Waals surface area contributed by atoms with Gasteiger partial charge in [-0.3, -0.25) is 9.59 Å². The molecule has 4 rings (SSSR count). The predicted octanol–water partition coefficient (Wildman–Crippen LogP) is 7.21. The number of hydrogen-bond acceptors (Lipinski definition) is 4. The summed E-state index contributed by atoms with van der Waals surface area (Å²) in [6, 6.07) is 15.1. The summed E-state index contributed by atoms with van der Waals surface area (Å²) in [4.78, 5) is 32.9. The van der Waals surface area contributed by atoms with Gasteiger partial charge in [0.2, 0.25) is 5.91 Å². The lowest BCUT2D eigenvalue weighted by molar-refractivity contribution is -0.124. The van der Waals surface area contributed by atoms with Gasteiger partial charge in [-0.05, 0) is 79.4 Å². The molecule has 2 N–H and O–H groups in total. The summed E-state index contributed by atoms with van der Waals surface area (Å²) in [6.45, 7) is 10.3. The average molecular weight is 563 g/mol. The van der Waals surface area contributed by atoms with E-state index >= 15 is 0 Å². The Morgan fingerprint density at radius 2 is 1.73 bits per heavy atom. The summed E-state index contributed by atoms with van der Waals surface area (Å²) in [5.41, 5.74) is 3.06. The predicted molar refractivity (Wildman–Crippen MR) is 160 cm³/mol. The van der Waals surface area contributed by atoms with E-state index in [2.05, 4.69) is 46.6 Å². The minimum Gasteiger partial charge on any atom is -0.348 e. The molecule has 6 nitrogen and oxygen atoms in total. The van der Waals surface area contributed by atoms with E-state index in [-0.39, 0.29) is 29.6 Å². The van der Waals surface area contributed by atoms with E-state index in [0.29, 0.717) is 18.0 Å². The second-order valence-corrected chi connectivity index (χ2v) is 11.8. The SMILES string of the molecule is CCC(CC)n1c(Cc2cccs2)nc2cc(C(=O)N[C@@H](CC(C)C)C(=O)NC(C)c3ccc(F)cc3)ccc21. The quantitative estimate of drug-likeness (QED) is 0.192. The van der Waals surface area contributed by atoms with Crippen molar-refractivity contribution in [3.8, 4) is 0 Å². The Morgan fingerprint density at radius 1 is 1.00 bits per heavy atom. The molecular formula is C32H39FN4O2S. The van der Waals surface area contributed by atoms with Crippen molar-refractivity contribution in [1.29, 1.82) is 0 Å². The van der Waals surface area contributed by atoms with Crippen LogP contribution in [0.4, 0.5) is 4.39 Å². The monoisotopic (exact) mass is 562 g/mol. The highest BCUT2D eigenvalue weighted by Gasteiger charge is 2.25.